The van der Waals surface area contributed by atoms with Gasteiger partial charge in [0.1, 0.15) is 0 Å². The molecule has 130 valence electrons. The van der Waals surface area contributed by atoms with Gasteiger partial charge in [-0.2, -0.15) is 0 Å². The van der Waals surface area contributed by atoms with Crippen LogP contribution >= 0.6 is 0 Å². The highest BCUT2D eigenvalue weighted by Gasteiger charge is 2.39. The molecule has 0 unspecified atom stereocenters. The molecule has 0 spiro atoms. The number of aryl methyl sites for hydroxylation is 1. The van der Waals surface area contributed by atoms with Gasteiger partial charge in [-0.1, -0.05) is 66.1 Å². The maximum absolute atomic E-state index is 2.52. The second-order valence-electron chi connectivity index (χ2n) is 8.20. The van der Waals surface area contributed by atoms with Crippen molar-refractivity contribution in [3.05, 3.63) is 95.6 Å². The summed E-state index contributed by atoms with van der Waals surface area (Å²) in [5.41, 5.74) is 12.9. The molecule has 0 saturated carbocycles. The van der Waals surface area contributed by atoms with Gasteiger partial charge in [0.05, 0.1) is 5.52 Å². The van der Waals surface area contributed by atoms with Crippen LogP contribution in [0.5, 0.6) is 0 Å². The summed E-state index contributed by atoms with van der Waals surface area (Å²) < 4.78 is 2.52. The fourth-order valence-electron chi connectivity index (χ4n) is 5.71. The highest BCUT2D eigenvalue weighted by Crippen LogP contribution is 2.36. The first-order chi connectivity index (χ1) is 13.8. The molecule has 2 aliphatic heterocycles. The van der Waals surface area contributed by atoms with Crippen molar-refractivity contribution in [3.8, 4) is 5.69 Å². The first-order valence-corrected chi connectivity index (χ1v) is 10.1. The summed E-state index contributed by atoms with van der Waals surface area (Å²) in [7, 11) is 0. The molecule has 7 rings (SSSR count). The molecule has 0 fully saturated rings. The van der Waals surface area contributed by atoms with Crippen molar-refractivity contribution in [1.29, 1.82) is 0 Å². The standard InChI is InChI=1S/C26H18BN/c1-16-14-20-18-9-3-6-12-23(18)28-24-13-7-5-11-22(24)27-21-10-4-2-8-17(21)15-19(16)25(27)26(20)28/h2-14H,15H2,1H3. The van der Waals surface area contributed by atoms with Crippen LogP contribution in [0.2, 0.25) is 0 Å². The summed E-state index contributed by atoms with van der Waals surface area (Å²) in [6.45, 7) is 2.62. The van der Waals surface area contributed by atoms with Crippen LogP contribution in [0.3, 0.4) is 0 Å². The van der Waals surface area contributed by atoms with E-state index in [0.717, 1.165) is 6.42 Å². The third kappa shape index (κ3) is 1.61. The molecule has 0 bridgehead atoms. The molecule has 1 nitrogen and oxygen atoms in total. The number of fused-ring (bicyclic) bond motifs is 8. The second kappa shape index (κ2) is 4.96. The van der Waals surface area contributed by atoms with E-state index in [1.54, 1.807) is 0 Å². The van der Waals surface area contributed by atoms with Crippen molar-refractivity contribution in [3.63, 3.8) is 0 Å². The van der Waals surface area contributed by atoms with Gasteiger partial charge in [0, 0.05) is 22.0 Å². The van der Waals surface area contributed by atoms with Crippen LogP contribution in [0, 0.1) is 6.92 Å². The van der Waals surface area contributed by atoms with E-state index in [9.17, 15) is 0 Å². The molecule has 0 amide bonds. The third-order valence-corrected chi connectivity index (χ3v) is 6.84. The number of aromatic nitrogens is 1. The summed E-state index contributed by atoms with van der Waals surface area (Å²) in [4.78, 5) is 0. The lowest BCUT2D eigenvalue weighted by molar-refractivity contribution is 1.14. The first kappa shape index (κ1) is 14.8. The van der Waals surface area contributed by atoms with Crippen molar-refractivity contribution in [1.82, 2.24) is 4.57 Å². The Morgan fingerprint density at radius 3 is 2.46 bits per heavy atom. The summed E-state index contributed by atoms with van der Waals surface area (Å²) in [5, 5.41) is 2.75. The molecule has 4 aromatic carbocycles. The molecule has 5 aromatic rings. The average Bonchev–Trinajstić information content (AvgIpc) is 3.08. The van der Waals surface area contributed by atoms with Crippen LogP contribution in [-0.2, 0) is 6.42 Å². The molecule has 3 heterocycles. The van der Waals surface area contributed by atoms with E-state index in [2.05, 4.69) is 90.4 Å². The van der Waals surface area contributed by atoms with Crippen molar-refractivity contribution in [2.24, 2.45) is 0 Å². The number of nitrogens with zero attached hydrogens (tertiary/aromatic N) is 1. The second-order valence-corrected chi connectivity index (χ2v) is 8.20. The van der Waals surface area contributed by atoms with Crippen LogP contribution in [0.15, 0.2) is 78.9 Å². The van der Waals surface area contributed by atoms with Crippen LogP contribution in [-0.4, -0.2) is 11.3 Å². The first-order valence-electron chi connectivity index (χ1n) is 10.1. The number of benzene rings is 4. The smallest absolute Gasteiger partial charge is 0.247 e. The molecule has 2 aliphatic rings. The van der Waals surface area contributed by atoms with Gasteiger partial charge in [-0.15, -0.1) is 0 Å². The van der Waals surface area contributed by atoms with E-state index >= 15 is 0 Å². The minimum absolute atomic E-state index is 0.329. The minimum Gasteiger partial charge on any atom is -0.310 e. The van der Waals surface area contributed by atoms with E-state index < -0.39 is 0 Å². The summed E-state index contributed by atoms with van der Waals surface area (Å²) in [6.07, 6.45) is 1.04. The van der Waals surface area contributed by atoms with Gasteiger partial charge in [0.2, 0.25) is 6.71 Å². The van der Waals surface area contributed by atoms with Gasteiger partial charge in [-0.05, 0) is 59.2 Å². The summed E-state index contributed by atoms with van der Waals surface area (Å²) >= 11 is 0. The van der Waals surface area contributed by atoms with Crippen molar-refractivity contribution in [2.45, 2.75) is 13.3 Å². The SMILES string of the molecule is Cc1cc2c3ccccc3n3c2c2c1Cc1ccccc1B2c1ccccc1-3. The lowest BCUT2D eigenvalue weighted by atomic mass is 9.32. The zero-order valence-electron chi connectivity index (χ0n) is 15.7. The Bertz CT molecular complexity index is 1460. The Labute approximate surface area is 164 Å². The quantitative estimate of drug-likeness (QED) is 0.365. The van der Waals surface area contributed by atoms with E-state index in [4.69, 9.17) is 0 Å². The molecular formula is C26H18BN. The monoisotopic (exact) mass is 355 g/mol. The molecule has 0 N–H and O–H groups in total. The number of para-hydroxylation sites is 2. The Kier molecular flexibility index (Phi) is 2.62. The average molecular weight is 355 g/mol. The van der Waals surface area contributed by atoms with Gasteiger partial charge in [-0.3, -0.25) is 0 Å². The van der Waals surface area contributed by atoms with Crippen LogP contribution in [0.25, 0.3) is 27.5 Å². The van der Waals surface area contributed by atoms with E-state index in [0.29, 0.717) is 6.71 Å². The number of hydrogen-bond acceptors (Lipinski definition) is 0. The van der Waals surface area contributed by atoms with Crippen LogP contribution in [0.4, 0.5) is 0 Å². The fraction of sp³-hybridized carbons (Fsp3) is 0.0769. The Morgan fingerprint density at radius 2 is 1.54 bits per heavy atom. The topological polar surface area (TPSA) is 4.93 Å². The van der Waals surface area contributed by atoms with E-state index in [1.165, 1.54) is 60.6 Å². The Hall–Kier alpha value is -3.26. The van der Waals surface area contributed by atoms with Crippen molar-refractivity contribution < 1.29 is 0 Å². The predicted octanol–water partition coefficient (Wildman–Crippen LogP) is 3.83. The molecule has 0 atom stereocenters. The number of hydrogen-bond donors (Lipinski definition) is 0. The molecule has 1 aromatic heterocycles. The van der Waals surface area contributed by atoms with Crippen molar-refractivity contribution >= 4 is 44.9 Å². The maximum Gasteiger partial charge on any atom is 0.247 e. The predicted molar refractivity (Wildman–Crippen MR) is 119 cm³/mol. The lowest BCUT2D eigenvalue weighted by Crippen LogP contribution is -2.60. The van der Waals surface area contributed by atoms with E-state index in [1.807, 2.05) is 0 Å². The summed E-state index contributed by atoms with van der Waals surface area (Å²) in [5.74, 6) is 0. The van der Waals surface area contributed by atoms with Gasteiger partial charge < -0.3 is 4.57 Å². The van der Waals surface area contributed by atoms with Crippen LogP contribution in [0.1, 0.15) is 16.7 Å². The molecule has 0 aliphatic carbocycles. The zero-order chi connectivity index (χ0) is 18.4. The van der Waals surface area contributed by atoms with Gasteiger partial charge >= 0.3 is 0 Å². The minimum atomic E-state index is 0.329. The highest BCUT2D eigenvalue weighted by atomic mass is 15.0. The Balaban J connectivity index is 1.79. The van der Waals surface area contributed by atoms with E-state index in [-0.39, 0.29) is 0 Å². The Morgan fingerprint density at radius 1 is 0.786 bits per heavy atom. The van der Waals surface area contributed by atoms with Gasteiger partial charge in [0.25, 0.3) is 0 Å². The zero-order valence-corrected chi connectivity index (χ0v) is 15.7. The van der Waals surface area contributed by atoms with Gasteiger partial charge in [0.15, 0.2) is 0 Å². The molecule has 28 heavy (non-hydrogen) atoms. The molecule has 2 heteroatoms. The number of rotatable bonds is 0. The van der Waals surface area contributed by atoms with Crippen molar-refractivity contribution in [2.75, 3.05) is 0 Å². The van der Waals surface area contributed by atoms with Gasteiger partial charge in [-0.25, -0.2) is 0 Å². The normalized spacial score (nSPS) is 13.7. The third-order valence-electron chi connectivity index (χ3n) is 6.84. The highest BCUT2D eigenvalue weighted by molar-refractivity contribution is 6.99. The molecule has 0 radical (unpaired) electrons. The summed E-state index contributed by atoms with van der Waals surface area (Å²) in [6, 6.07) is 29.3. The largest absolute Gasteiger partial charge is 0.310 e. The molecular weight excluding hydrogens is 337 g/mol. The molecule has 0 saturated heterocycles. The lowest BCUT2D eigenvalue weighted by Gasteiger charge is -2.34. The van der Waals surface area contributed by atoms with Crippen LogP contribution < -0.4 is 16.4 Å². The maximum atomic E-state index is 2.52. The fourth-order valence-corrected chi connectivity index (χ4v) is 5.71.